The molecule has 0 aliphatic heterocycles. The zero-order chi connectivity index (χ0) is 12.6. The molecule has 0 unspecified atom stereocenters. The first-order valence-corrected chi connectivity index (χ1v) is 6.78. The number of nitrogens with zero attached hydrogens (tertiary/aromatic N) is 1. The Morgan fingerprint density at radius 3 is 2.22 bits per heavy atom. The van der Waals surface area contributed by atoms with E-state index in [0.29, 0.717) is 5.17 Å². The minimum Gasteiger partial charge on any atom is -0.237 e. The lowest BCUT2D eigenvalue weighted by molar-refractivity contribution is 1.47. The molecule has 0 saturated heterocycles. The van der Waals surface area contributed by atoms with Crippen molar-refractivity contribution in [1.29, 1.82) is 0 Å². The molecule has 0 saturated carbocycles. The molecule has 90 valence electrons. The number of aliphatic imine (C=N–C) groups is 1. The first-order chi connectivity index (χ1) is 8.84. The molecule has 2 rings (SSSR count). The van der Waals surface area contributed by atoms with E-state index in [4.69, 9.17) is 11.6 Å². The van der Waals surface area contributed by atoms with E-state index < -0.39 is 0 Å². The molecule has 0 amide bonds. The van der Waals surface area contributed by atoms with Gasteiger partial charge in [-0.15, -0.1) is 0 Å². The van der Waals surface area contributed by atoms with E-state index in [1.54, 1.807) is 17.8 Å². The Labute approximate surface area is 116 Å². The Bertz CT molecular complexity index is 535. The molecule has 0 atom stereocenters. The van der Waals surface area contributed by atoms with Crippen molar-refractivity contribution in [2.24, 2.45) is 4.99 Å². The Kier molecular flexibility index (Phi) is 5.06. The molecule has 0 aliphatic carbocycles. The predicted octanol–water partition coefficient (Wildman–Crippen LogP) is 5.26. The summed E-state index contributed by atoms with van der Waals surface area (Å²) in [6, 6.07) is 19.8. The van der Waals surface area contributed by atoms with Gasteiger partial charge in [0.1, 0.15) is 5.17 Å². The molecule has 0 radical (unpaired) electrons. The van der Waals surface area contributed by atoms with E-state index in [-0.39, 0.29) is 0 Å². The monoisotopic (exact) mass is 273 g/mol. The van der Waals surface area contributed by atoms with Crippen LogP contribution in [0.15, 0.2) is 82.0 Å². The molecule has 2 aromatic rings. The van der Waals surface area contributed by atoms with E-state index in [1.165, 1.54) is 4.90 Å². The molecule has 0 fully saturated rings. The van der Waals surface area contributed by atoms with Gasteiger partial charge in [-0.25, -0.2) is 4.99 Å². The molecule has 0 aromatic heterocycles. The van der Waals surface area contributed by atoms with E-state index in [1.807, 2.05) is 53.9 Å². The minimum absolute atomic E-state index is 0.477. The van der Waals surface area contributed by atoms with Crippen LogP contribution in [0, 0.1) is 0 Å². The van der Waals surface area contributed by atoms with Gasteiger partial charge in [-0.1, -0.05) is 59.8 Å². The highest BCUT2D eigenvalue weighted by molar-refractivity contribution is 8.02. The van der Waals surface area contributed by atoms with E-state index >= 15 is 0 Å². The van der Waals surface area contributed by atoms with Crippen LogP contribution in [0.5, 0.6) is 0 Å². The highest BCUT2D eigenvalue weighted by Gasteiger charge is 1.91. The molecule has 0 N–H and O–H groups in total. The zero-order valence-corrected chi connectivity index (χ0v) is 11.2. The molecule has 0 bridgehead atoms. The number of para-hydroxylation sites is 1. The van der Waals surface area contributed by atoms with Crippen LogP contribution in [-0.4, -0.2) is 5.17 Å². The average Bonchev–Trinajstić information content (AvgIpc) is 2.41. The lowest BCUT2D eigenvalue weighted by Crippen LogP contribution is -1.77. The van der Waals surface area contributed by atoms with Crippen molar-refractivity contribution >= 4 is 34.2 Å². The van der Waals surface area contributed by atoms with Crippen molar-refractivity contribution in [1.82, 2.24) is 0 Å². The molecule has 1 nitrogen and oxygen atoms in total. The van der Waals surface area contributed by atoms with Gasteiger partial charge in [0.05, 0.1) is 5.69 Å². The highest BCUT2D eigenvalue weighted by atomic mass is 35.5. The van der Waals surface area contributed by atoms with Crippen LogP contribution < -0.4 is 0 Å². The second-order valence-corrected chi connectivity index (χ2v) is 4.87. The van der Waals surface area contributed by atoms with Crippen LogP contribution in [0.2, 0.25) is 0 Å². The topological polar surface area (TPSA) is 12.4 Å². The van der Waals surface area contributed by atoms with Crippen LogP contribution in [0.25, 0.3) is 0 Å². The van der Waals surface area contributed by atoms with Gasteiger partial charge in [0, 0.05) is 4.90 Å². The number of halogens is 1. The summed E-state index contributed by atoms with van der Waals surface area (Å²) in [7, 11) is 0. The number of thioether (sulfide) groups is 1. The Hall–Kier alpha value is -1.51. The number of benzene rings is 2. The first-order valence-electron chi connectivity index (χ1n) is 5.52. The third kappa shape index (κ3) is 4.40. The average molecular weight is 274 g/mol. The van der Waals surface area contributed by atoms with Crippen LogP contribution in [0.1, 0.15) is 0 Å². The summed E-state index contributed by atoms with van der Waals surface area (Å²) >= 11 is 7.64. The third-order valence-electron chi connectivity index (χ3n) is 2.15. The SMILES string of the molecule is ClC(C=CSc1ccccc1)=Nc1ccccc1. The van der Waals surface area contributed by atoms with Crippen LogP contribution in [0.4, 0.5) is 5.69 Å². The predicted molar refractivity (Wildman–Crippen MR) is 80.8 cm³/mol. The van der Waals surface area contributed by atoms with Crippen molar-refractivity contribution in [2.75, 3.05) is 0 Å². The number of hydrogen-bond donors (Lipinski definition) is 0. The lowest BCUT2D eigenvalue weighted by atomic mass is 10.3. The van der Waals surface area contributed by atoms with E-state index in [0.717, 1.165) is 5.69 Å². The van der Waals surface area contributed by atoms with Crippen LogP contribution >= 0.6 is 23.4 Å². The van der Waals surface area contributed by atoms with Crippen molar-refractivity contribution < 1.29 is 0 Å². The fourth-order valence-corrected chi connectivity index (χ4v) is 2.23. The largest absolute Gasteiger partial charge is 0.237 e. The molecule has 2 aromatic carbocycles. The summed E-state index contributed by atoms with van der Waals surface area (Å²) in [5.74, 6) is 0. The summed E-state index contributed by atoms with van der Waals surface area (Å²) in [5, 5.41) is 2.41. The maximum Gasteiger partial charge on any atom is 0.130 e. The second-order valence-electron chi connectivity index (χ2n) is 3.50. The van der Waals surface area contributed by atoms with Gasteiger partial charge in [0.15, 0.2) is 0 Å². The van der Waals surface area contributed by atoms with Gasteiger partial charge in [0.2, 0.25) is 0 Å². The van der Waals surface area contributed by atoms with Gasteiger partial charge in [0.25, 0.3) is 0 Å². The normalized spacial score (nSPS) is 11.9. The molecular formula is C15H12ClNS. The summed E-state index contributed by atoms with van der Waals surface area (Å²) in [6.45, 7) is 0. The van der Waals surface area contributed by atoms with Gasteiger partial charge in [-0.05, 0) is 35.7 Å². The molecule has 18 heavy (non-hydrogen) atoms. The molecule has 0 aliphatic rings. The Balaban J connectivity index is 1.95. The maximum absolute atomic E-state index is 6.03. The smallest absolute Gasteiger partial charge is 0.130 e. The highest BCUT2D eigenvalue weighted by Crippen LogP contribution is 2.19. The summed E-state index contributed by atoms with van der Waals surface area (Å²) in [6.07, 6.45) is 1.80. The van der Waals surface area contributed by atoms with Crippen molar-refractivity contribution in [3.05, 3.63) is 72.1 Å². The van der Waals surface area contributed by atoms with E-state index in [9.17, 15) is 0 Å². The van der Waals surface area contributed by atoms with Gasteiger partial charge in [-0.2, -0.15) is 0 Å². The van der Waals surface area contributed by atoms with Gasteiger partial charge < -0.3 is 0 Å². The van der Waals surface area contributed by atoms with Crippen molar-refractivity contribution in [3.8, 4) is 0 Å². The molecule has 0 heterocycles. The summed E-state index contributed by atoms with van der Waals surface area (Å²) in [4.78, 5) is 5.45. The van der Waals surface area contributed by atoms with Gasteiger partial charge in [-0.3, -0.25) is 0 Å². The fraction of sp³-hybridized carbons (Fsp3) is 0. The number of allylic oxidation sites excluding steroid dienone is 1. The Morgan fingerprint density at radius 1 is 0.944 bits per heavy atom. The minimum atomic E-state index is 0.477. The Morgan fingerprint density at radius 2 is 1.56 bits per heavy atom. The second kappa shape index (κ2) is 7.04. The maximum atomic E-state index is 6.03. The van der Waals surface area contributed by atoms with Crippen molar-refractivity contribution in [2.45, 2.75) is 4.90 Å². The standard InChI is InChI=1S/C15H12ClNS/c16-15(17-13-7-3-1-4-8-13)11-12-18-14-9-5-2-6-10-14/h1-12H. The number of hydrogen-bond acceptors (Lipinski definition) is 2. The quantitative estimate of drug-likeness (QED) is 0.547. The first kappa shape index (κ1) is 12.9. The summed E-state index contributed by atoms with van der Waals surface area (Å²) in [5.41, 5.74) is 0.858. The summed E-state index contributed by atoms with van der Waals surface area (Å²) < 4.78 is 0. The van der Waals surface area contributed by atoms with Crippen LogP contribution in [-0.2, 0) is 0 Å². The molecule has 3 heteroatoms. The van der Waals surface area contributed by atoms with E-state index in [2.05, 4.69) is 17.1 Å². The van der Waals surface area contributed by atoms with Crippen molar-refractivity contribution in [3.63, 3.8) is 0 Å². The number of rotatable bonds is 4. The fourth-order valence-electron chi connectivity index (χ4n) is 1.33. The molecule has 0 spiro atoms. The van der Waals surface area contributed by atoms with Gasteiger partial charge >= 0.3 is 0 Å². The zero-order valence-electron chi connectivity index (χ0n) is 9.66. The molecular weight excluding hydrogens is 262 g/mol. The third-order valence-corrected chi connectivity index (χ3v) is 3.17. The lowest BCUT2D eigenvalue weighted by Gasteiger charge is -1.94. The van der Waals surface area contributed by atoms with Crippen LogP contribution in [0.3, 0.4) is 0 Å².